The average Bonchev–Trinajstić information content (AvgIpc) is 2.39. The Bertz CT molecular complexity index is 420. The first-order valence-electron chi connectivity index (χ1n) is 6.28. The van der Waals surface area contributed by atoms with Crippen LogP contribution in [0.3, 0.4) is 0 Å². The van der Waals surface area contributed by atoms with Gasteiger partial charge in [-0.1, -0.05) is 6.07 Å². The Labute approximate surface area is 113 Å². The van der Waals surface area contributed by atoms with Crippen molar-refractivity contribution in [3.8, 4) is 11.5 Å². The fourth-order valence-electron chi connectivity index (χ4n) is 1.55. The van der Waals surface area contributed by atoms with Crippen LogP contribution in [0.5, 0.6) is 11.5 Å². The van der Waals surface area contributed by atoms with Gasteiger partial charge in [0.05, 0.1) is 0 Å². The highest BCUT2D eigenvalue weighted by atomic mass is 16.5. The van der Waals surface area contributed by atoms with Gasteiger partial charge in [-0.05, 0) is 32.4 Å². The molecule has 1 aromatic rings. The van der Waals surface area contributed by atoms with Crippen molar-refractivity contribution in [2.45, 2.75) is 26.4 Å². The Morgan fingerprint density at radius 2 is 2.21 bits per heavy atom. The molecule has 1 atom stereocenters. The van der Waals surface area contributed by atoms with Crippen molar-refractivity contribution in [1.29, 1.82) is 0 Å². The number of aromatic hydroxyl groups is 1. The summed E-state index contributed by atoms with van der Waals surface area (Å²) >= 11 is 0. The summed E-state index contributed by atoms with van der Waals surface area (Å²) < 4.78 is 10.4. The Morgan fingerprint density at radius 3 is 2.89 bits per heavy atom. The van der Waals surface area contributed by atoms with E-state index >= 15 is 0 Å². The molecule has 0 radical (unpaired) electrons. The van der Waals surface area contributed by atoms with Gasteiger partial charge in [-0.2, -0.15) is 0 Å². The van der Waals surface area contributed by atoms with Gasteiger partial charge in [-0.15, -0.1) is 0 Å². The average molecular weight is 267 g/mol. The van der Waals surface area contributed by atoms with Gasteiger partial charge in [0.2, 0.25) is 0 Å². The number of methoxy groups -OCH3 is 1. The lowest BCUT2D eigenvalue weighted by Crippen LogP contribution is -2.37. The first kappa shape index (κ1) is 15.3. The number of nitrogens with one attached hydrogen (secondary N) is 1. The van der Waals surface area contributed by atoms with Crippen LogP contribution in [-0.2, 0) is 9.53 Å². The summed E-state index contributed by atoms with van der Waals surface area (Å²) in [6, 6.07) is 4.99. The molecule has 5 heteroatoms. The number of carbonyl (C=O) groups is 1. The third-order valence-electron chi connectivity index (χ3n) is 2.75. The van der Waals surface area contributed by atoms with E-state index in [0.29, 0.717) is 24.5 Å². The first-order chi connectivity index (χ1) is 9.06. The third-order valence-corrected chi connectivity index (χ3v) is 2.75. The summed E-state index contributed by atoms with van der Waals surface area (Å²) in [5.74, 6) is 0.489. The highest BCUT2D eigenvalue weighted by Gasteiger charge is 2.15. The van der Waals surface area contributed by atoms with E-state index in [0.717, 1.165) is 6.42 Å². The second-order valence-electron chi connectivity index (χ2n) is 4.30. The van der Waals surface area contributed by atoms with E-state index in [2.05, 4.69) is 5.32 Å². The van der Waals surface area contributed by atoms with Crippen molar-refractivity contribution < 1.29 is 19.4 Å². The molecule has 106 valence electrons. The molecule has 1 rings (SSSR count). The molecular weight excluding hydrogens is 246 g/mol. The van der Waals surface area contributed by atoms with Crippen molar-refractivity contribution in [2.24, 2.45) is 0 Å². The molecule has 1 amide bonds. The van der Waals surface area contributed by atoms with Gasteiger partial charge < -0.3 is 19.9 Å². The van der Waals surface area contributed by atoms with Gasteiger partial charge in [0.25, 0.3) is 5.91 Å². The van der Waals surface area contributed by atoms with Gasteiger partial charge in [-0.25, -0.2) is 0 Å². The minimum absolute atomic E-state index is 0.158. The SMILES string of the molecule is COCCCNC(=O)C(C)Oc1cccc(O)c1C. The Hall–Kier alpha value is -1.75. The molecule has 5 nitrogen and oxygen atoms in total. The molecule has 0 bridgehead atoms. The first-order valence-corrected chi connectivity index (χ1v) is 6.28. The highest BCUT2D eigenvalue weighted by Crippen LogP contribution is 2.26. The fraction of sp³-hybridized carbons (Fsp3) is 0.500. The number of hydrogen-bond acceptors (Lipinski definition) is 4. The predicted molar refractivity (Wildman–Crippen MR) is 72.4 cm³/mol. The number of hydrogen-bond donors (Lipinski definition) is 2. The van der Waals surface area contributed by atoms with Crippen molar-refractivity contribution in [1.82, 2.24) is 5.32 Å². The second kappa shape index (κ2) is 7.63. The summed E-state index contributed by atoms with van der Waals surface area (Å²) in [6.45, 7) is 4.59. The Morgan fingerprint density at radius 1 is 1.47 bits per heavy atom. The summed E-state index contributed by atoms with van der Waals surface area (Å²) in [4.78, 5) is 11.8. The second-order valence-corrected chi connectivity index (χ2v) is 4.30. The van der Waals surface area contributed by atoms with E-state index in [1.165, 1.54) is 0 Å². The van der Waals surface area contributed by atoms with E-state index in [1.54, 1.807) is 39.2 Å². The Kier molecular flexibility index (Phi) is 6.15. The molecule has 2 N–H and O–H groups in total. The normalized spacial score (nSPS) is 11.9. The van der Waals surface area contributed by atoms with E-state index < -0.39 is 6.10 Å². The summed E-state index contributed by atoms with van der Waals surface area (Å²) in [7, 11) is 1.62. The summed E-state index contributed by atoms with van der Waals surface area (Å²) in [6.07, 6.45) is 0.156. The van der Waals surface area contributed by atoms with E-state index in [9.17, 15) is 9.90 Å². The lowest BCUT2D eigenvalue weighted by Gasteiger charge is -2.16. The minimum atomic E-state index is -0.608. The molecule has 0 saturated heterocycles. The number of benzene rings is 1. The van der Waals surface area contributed by atoms with Crippen LogP contribution >= 0.6 is 0 Å². The van der Waals surface area contributed by atoms with Crippen LogP contribution in [0.25, 0.3) is 0 Å². The smallest absolute Gasteiger partial charge is 0.260 e. The van der Waals surface area contributed by atoms with Crippen LogP contribution in [0.2, 0.25) is 0 Å². The van der Waals surface area contributed by atoms with Gasteiger partial charge in [0, 0.05) is 25.8 Å². The van der Waals surface area contributed by atoms with Crippen LogP contribution in [0.4, 0.5) is 0 Å². The van der Waals surface area contributed by atoms with Crippen LogP contribution in [0.1, 0.15) is 18.9 Å². The molecule has 19 heavy (non-hydrogen) atoms. The van der Waals surface area contributed by atoms with Crippen LogP contribution < -0.4 is 10.1 Å². The van der Waals surface area contributed by atoms with E-state index in [-0.39, 0.29) is 11.7 Å². The van der Waals surface area contributed by atoms with Crippen LogP contribution in [0, 0.1) is 6.92 Å². The third kappa shape index (κ3) is 4.79. The predicted octanol–water partition coefficient (Wildman–Crippen LogP) is 1.62. The molecule has 0 aliphatic rings. The standard InChI is InChI=1S/C14H21NO4/c1-10-12(16)6-4-7-13(10)19-11(2)14(17)15-8-5-9-18-3/h4,6-7,11,16H,5,8-9H2,1-3H3,(H,15,17). The monoisotopic (exact) mass is 267 g/mol. The summed E-state index contributed by atoms with van der Waals surface area (Å²) in [5.41, 5.74) is 0.626. The lowest BCUT2D eigenvalue weighted by atomic mass is 10.2. The van der Waals surface area contributed by atoms with E-state index in [1.807, 2.05) is 0 Å². The molecule has 0 fully saturated rings. The molecule has 0 aliphatic carbocycles. The lowest BCUT2D eigenvalue weighted by molar-refractivity contribution is -0.127. The number of ether oxygens (including phenoxy) is 2. The highest BCUT2D eigenvalue weighted by molar-refractivity contribution is 5.80. The number of carbonyl (C=O) groups excluding carboxylic acids is 1. The zero-order valence-electron chi connectivity index (χ0n) is 11.6. The van der Waals surface area contributed by atoms with Gasteiger partial charge >= 0.3 is 0 Å². The zero-order chi connectivity index (χ0) is 14.3. The zero-order valence-corrected chi connectivity index (χ0v) is 11.6. The van der Waals surface area contributed by atoms with Crippen LogP contribution in [0.15, 0.2) is 18.2 Å². The number of phenolic OH excluding ortho intramolecular Hbond substituents is 1. The molecule has 0 aliphatic heterocycles. The quantitative estimate of drug-likeness (QED) is 0.737. The largest absolute Gasteiger partial charge is 0.508 e. The van der Waals surface area contributed by atoms with E-state index in [4.69, 9.17) is 9.47 Å². The van der Waals surface area contributed by atoms with Crippen molar-refractivity contribution >= 4 is 5.91 Å². The van der Waals surface area contributed by atoms with Gasteiger partial charge in [0.15, 0.2) is 6.10 Å². The molecule has 1 aromatic carbocycles. The Balaban J connectivity index is 2.47. The maximum absolute atomic E-state index is 11.8. The number of amides is 1. The topological polar surface area (TPSA) is 67.8 Å². The van der Waals surface area contributed by atoms with Crippen molar-refractivity contribution in [2.75, 3.05) is 20.3 Å². The molecule has 0 saturated carbocycles. The number of phenols is 1. The van der Waals surface area contributed by atoms with Crippen LogP contribution in [-0.4, -0.2) is 37.4 Å². The number of rotatable bonds is 7. The molecule has 0 spiro atoms. The summed E-state index contributed by atoms with van der Waals surface area (Å²) in [5, 5.41) is 12.3. The van der Waals surface area contributed by atoms with Gasteiger partial charge in [0.1, 0.15) is 11.5 Å². The maximum atomic E-state index is 11.8. The molecule has 0 heterocycles. The molecular formula is C14H21NO4. The fourth-order valence-corrected chi connectivity index (χ4v) is 1.55. The van der Waals surface area contributed by atoms with Crippen molar-refractivity contribution in [3.63, 3.8) is 0 Å². The minimum Gasteiger partial charge on any atom is -0.508 e. The maximum Gasteiger partial charge on any atom is 0.260 e. The van der Waals surface area contributed by atoms with Gasteiger partial charge in [-0.3, -0.25) is 4.79 Å². The molecule has 0 aromatic heterocycles. The molecule has 1 unspecified atom stereocenters. The van der Waals surface area contributed by atoms with Crippen molar-refractivity contribution in [3.05, 3.63) is 23.8 Å².